The van der Waals surface area contributed by atoms with Crippen molar-refractivity contribution in [3.8, 4) is 17.2 Å². The van der Waals surface area contributed by atoms with E-state index in [-0.39, 0.29) is 95.2 Å². The number of hydrogen-bond donors (Lipinski definition) is 3. The van der Waals surface area contributed by atoms with Crippen molar-refractivity contribution < 1.29 is 88.5 Å². The molecule has 0 aliphatic rings. The summed E-state index contributed by atoms with van der Waals surface area (Å²) in [5, 5.41) is 17.3. The Kier molecular flexibility index (Phi) is 41.9. The quantitative estimate of drug-likeness (QED) is 0.0274. The topological polar surface area (TPSA) is 219 Å². The number of ketones is 1. The molecule has 441 valence electrons. The van der Waals surface area contributed by atoms with E-state index in [1.807, 2.05) is 4.93 Å². The molecule has 0 amide bonds. The predicted molar refractivity (Wildman–Crippen MR) is 333 cm³/mol. The van der Waals surface area contributed by atoms with Crippen molar-refractivity contribution in [2.24, 2.45) is 0 Å². The number of imidazole rings is 2. The maximum absolute atomic E-state index is 14.0. The molecule has 80 heavy (non-hydrogen) atoms. The summed E-state index contributed by atoms with van der Waals surface area (Å²) in [6.45, 7) is 9.53. The van der Waals surface area contributed by atoms with Crippen LogP contribution in [0.5, 0.6) is 17.2 Å². The fourth-order valence-corrected chi connectivity index (χ4v) is 6.30. The van der Waals surface area contributed by atoms with Crippen LogP contribution >= 0.6 is 127 Å². The third kappa shape index (κ3) is 25.7. The first-order chi connectivity index (χ1) is 37.4. The van der Waals surface area contributed by atoms with Gasteiger partial charge in [0.15, 0.2) is 56.9 Å². The van der Waals surface area contributed by atoms with Crippen molar-refractivity contribution in [2.45, 2.75) is 66.3 Å². The van der Waals surface area contributed by atoms with Crippen molar-refractivity contribution in [3.05, 3.63) is 148 Å². The second kappa shape index (κ2) is 42.6. The second-order valence-electron chi connectivity index (χ2n) is 14.2. The number of ether oxygens (including phenoxy) is 4. The van der Waals surface area contributed by atoms with Crippen molar-refractivity contribution in [1.82, 2.24) is 23.8 Å². The first kappa shape index (κ1) is 78.8. The van der Waals surface area contributed by atoms with E-state index >= 15 is 0 Å². The van der Waals surface area contributed by atoms with Crippen LogP contribution in [0.2, 0.25) is 0 Å². The number of aromatic hydroxyl groups is 2. The Balaban J connectivity index is 0. The Labute approximate surface area is 536 Å². The number of pyridine rings is 3. The zero-order valence-electron chi connectivity index (χ0n) is 42.3. The van der Waals surface area contributed by atoms with Gasteiger partial charge in [-0.15, -0.1) is 11.6 Å². The van der Waals surface area contributed by atoms with Gasteiger partial charge in [-0.3, -0.25) is 13.6 Å². The van der Waals surface area contributed by atoms with Gasteiger partial charge in [-0.25, -0.2) is 60.1 Å². The van der Waals surface area contributed by atoms with E-state index in [4.69, 9.17) is 36.7 Å². The second-order valence-corrected chi connectivity index (χ2v) is 26.9. The van der Waals surface area contributed by atoms with Gasteiger partial charge in [0.25, 0.3) is 0 Å². The molecular weight excluding hydrogens is 1770 g/mol. The number of aromatic nitrogens is 5. The number of hydrogen-bond acceptors (Lipinski definition) is 14. The third-order valence-corrected chi connectivity index (χ3v) is 10.00. The van der Waals surface area contributed by atoms with Crippen molar-refractivity contribution >= 4 is 168 Å². The summed E-state index contributed by atoms with van der Waals surface area (Å²) in [6.07, 6.45) is 3.09. The van der Waals surface area contributed by atoms with E-state index in [0.29, 0.717) is 20.9 Å². The first-order valence-electron chi connectivity index (χ1n) is 21.7. The van der Waals surface area contributed by atoms with Gasteiger partial charge in [0.1, 0.15) is 47.3 Å². The number of aryl methyl sites for hydroxylation is 2. The van der Waals surface area contributed by atoms with Gasteiger partial charge in [-0.1, -0.05) is 58.1 Å². The summed E-state index contributed by atoms with van der Waals surface area (Å²) in [5.74, 6) is -7.57. The number of anilines is 1. The summed E-state index contributed by atoms with van der Waals surface area (Å²) in [6, 6.07) is 10.1. The molecule has 0 fully saturated rings. The normalized spacial score (nSPS) is 10.0. The molecule has 0 spiro atoms. The van der Waals surface area contributed by atoms with E-state index in [1.54, 1.807) is 34.6 Å². The molecule has 0 saturated heterocycles. The first-order valence-corrected chi connectivity index (χ1v) is 40.7. The molecule has 7 aromatic rings. The van der Waals surface area contributed by atoms with E-state index < -0.39 is 70.6 Å². The average molecular weight is 1820 g/mol. The number of rotatable bonds is 11. The predicted octanol–water partition coefficient (Wildman–Crippen LogP) is 14.8. The SMILES string of the molecule is C.CCOC(=O)C(Cl)C(C)=O.CCOC(=O)c1c(C)nc2c(O)cc(F)cn12.CCOC(=O)c1c(C)nc2c(OCc3c(F)cccc3F)cc(F)cn12.CI.Fc1cccc(F)c1CBr.II.Nc1ncc(F)cc1O.[I][V][I]. The maximum atomic E-state index is 14.0. The fraction of sp³-hybridized carbons (Fsp3) is 0.286. The Morgan fingerprint density at radius 3 is 1.50 bits per heavy atom. The number of fused-ring (bicyclic) bond motifs is 2. The fourth-order valence-electron chi connectivity index (χ4n) is 5.70. The molecular formula is C49H52BrClF7I5N6O10V. The van der Waals surface area contributed by atoms with Crippen LogP contribution in [0.25, 0.3) is 11.3 Å². The van der Waals surface area contributed by atoms with E-state index in [1.165, 1.54) is 40.0 Å². The Bertz CT molecular complexity index is 3050. The summed E-state index contributed by atoms with van der Waals surface area (Å²) >= 11 is 19.4. The molecule has 0 radical (unpaired) electrons. The van der Waals surface area contributed by atoms with Gasteiger partial charge in [-0.2, -0.15) is 0 Å². The Morgan fingerprint density at radius 1 is 0.713 bits per heavy atom. The Morgan fingerprint density at radius 2 is 1.11 bits per heavy atom. The molecule has 0 saturated carbocycles. The standard InChI is InChI=1S/C18H15F3N2O3.C11H11FN2O3.C7H5BrF2.C6H9ClO3.C5H5FN2O.CH3I.CH4.I2.2HI.V/c1-3-25-18(24)16-10(2)22-17-15(7-11(19)8-23(16)17)26-9-12-13(20)5-4-6-14(12)21;1-3-17-11(16)9-6(2)13-10-8(15)4-7(12)5-14(9)10;8-4-5-6(9)2-1-3-7(5)10;1-3-10-6(9)5(7)4(2)8;6-3-1-4(9)5(7)8-2-3;1-2;;1-2;;;/h4-8H,3,9H2,1-2H3;4-5,15H,3H2,1-2H3;1-3H,4H2;5H,3H2,1-2H3;1-2,9H,(H2,7,8);1H3;1H4;;2*1H;/q;;;;;;;;;;+2/p-2. The van der Waals surface area contributed by atoms with Crippen LogP contribution < -0.4 is 10.5 Å². The van der Waals surface area contributed by atoms with Gasteiger partial charge in [0.05, 0.1) is 43.0 Å². The van der Waals surface area contributed by atoms with Crippen molar-refractivity contribution in [1.29, 1.82) is 0 Å². The van der Waals surface area contributed by atoms with Crippen LogP contribution in [-0.4, -0.2) is 87.8 Å². The number of carbonyl (C=O) groups is 4. The van der Waals surface area contributed by atoms with Crippen LogP contribution in [-0.2, 0) is 45.2 Å². The number of benzene rings is 2. The zero-order valence-corrected chi connectivity index (χ0v) is 56.8. The number of carbonyl (C=O) groups excluding carboxylic acids is 4. The van der Waals surface area contributed by atoms with Gasteiger partial charge in [0, 0.05) is 78.7 Å². The molecule has 16 nitrogen and oxygen atoms in total. The summed E-state index contributed by atoms with van der Waals surface area (Å²) in [4.78, 5) is 58.3. The van der Waals surface area contributed by atoms with E-state index in [2.05, 4.69) is 135 Å². The van der Waals surface area contributed by atoms with Crippen LogP contribution in [0, 0.1) is 54.6 Å². The van der Waals surface area contributed by atoms with Crippen LogP contribution in [0.15, 0.2) is 73.2 Å². The van der Waals surface area contributed by atoms with E-state index in [0.717, 1.165) is 48.9 Å². The molecule has 2 aromatic carbocycles. The molecule has 7 rings (SSSR count). The van der Waals surface area contributed by atoms with Gasteiger partial charge < -0.3 is 34.9 Å². The van der Waals surface area contributed by atoms with Gasteiger partial charge in [0.2, 0.25) is 0 Å². The molecule has 5 aromatic heterocycles. The molecule has 4 N–H and O–H groups in total. The third-order valence-electron chi connectivity index (χ3n) is 8.95. The number of nitrogens with zero attached hydrogens (tertiary/aromatic N) is 5. The van der Waals surface area contributed by atoms with Gasteiger partial charge >= 0.3 is 67.3 Å². The molecule has 31 heteroatoms. The molecule has 1 atom stereocenters. The van der Waals surface area contributed by atoms with Crippen molar-refractivity contribution in [3.63, 3.8) is 0 Å². The zero-order chi connectivity index (χ0) is 60.7. The number of alkyl halides is 3. The average Bonchev–Trinajstić information content (AvgIpc) is 3.92. The van der Waals surface area contributed by atoms with Gasteiger partial charge in [-0.05, 0) is 70.7 Å². The van der Waals surface area contributed by atoms with Crippen LogP contribution in [0.3, 0.4) is 0 Å². The van der Waals surface area contributed by atoms with E-state index in [9.17, 15) is 55.0 Å². The van der Waals surface area contributed by atoms with Crippen LogP contribution in [0.1, 0.15) is 78.6 Å². The number of Topliss-reactive ketones (excluding diaryl/α,β-unsaturated/α-hetero) is 1. The summed E-state index contributed by atoms with van der Waals surface area (Å²) in [7, 11) is 0.628. The molecule has 1 unspecified atom stereocenters. The molecule has 5 heterocycles. The summed E-state index contributed by atoms with van der Waals surface area (Å²) in [5.41, 5.74) is 6.01. The number of nitrogens with two attached hydrogens (primary N) is 1. The minimum absolute atomic E-state index is 0. The number of nitrogen functional groups attached to an aromatic ring is 1. The minimum atomic E-state index is -1.14. The number of halogens is 14. The van der Waals surface area contributed by atoms with Crippen molar-refractivity contribution in [2.75, 3.05) is 30.5 Å². The monoisotopic (exact) mass is 1820 g/mol. The van der Waals surface area contributed by atoms with Crippen LogP contribution in [0.4, 0.5) is 36.6 Å². The molecule has 0 aliphatic heterocycles. The summed E-state index contributed by atoms with van der Waals surface area (Å²) < 4.78 is 114. The molecule has 0 aliphatic carbocycles. The number of esters is 3. The Hall–Kier alpha value is -3.24. The molecule has 0 bridgehead atoms.